The molecule has 0 N–H and O–H groups in total. The van der Waals surface area contributed by atoms with Gasteiger partial charge in [0.25, 0.3) is 0 Å². The van der Waals surface area contributed by atoms with Gasteiger partial charge >= 0.3 is 0 Å². The maximum absolute atomic E-state index is 4.28. The van der Waals surface area contributed by atoms with Gasteiger partial charge in [-0.3, -0.25) is 9.58 Å². The first kappa shape index (κ1) is 12.8. The van der Waals surface area contributed by atoms with Crippen LogP contribution in [0.5, 0.6) is 0 Å². The van der Waals surface area contributed by atoms with Crippen LogP contribution in [0.15, 0.2) is 12.4 Å². The van der Waals surface area contributed by atoms with E-state index in [1.807, 2.05) is 17.9 Å². The average Bonchev–Trinajstić information content (AvgIpc) is 2.99. The highest BCUT2D eigenvalue weighted by molar-refractivity contribution is 5.04. The number of nitrogens with zero attached hydrogens (tertiary/aromatic N) is 4. The van der Waals surface area contributed by atoms with E-state index < -0.39 is 0 Å². The Hall–Kier alpha value is -0.870. The third-order valence-electron chi connectivity index (χ3n) is 5.34. The summed E-state index contributed by atoms with van der Waals surface area (Å²) in [5.41, 5.74) is 1.36. The summed E-state index contributed by atoms with van der Waals surface area (Å²) in [4.78, 5) is 5.39. The molecule has 2 saturated heterocycles. The monoisotopic (exact) mass is 274 g/mol. The molecule has 1 saturated carbocycles. The van der Waals surface area contributed by atoms with E-state index in [9.17, 15) is 0 Å². The Morgan fingerprint density at radius 1 is 1.10 bits per heavy atom. The molecule has 0 amide bonds. The van der Waals surface area contributed by atoms with Crippen LogP contribution in [0.2, 0.25) is 0 Å². The van der Waals surface area contributed by atoms with Gasteiger partial charge in [0.05, 0.1) is 6.20 Å². The van der Waals surface area contributed by atoms with Crippen molar-refractivity contribution >= 4 is 0 Å². The Morgan fingerprint density at radius 2 is 1.90 bits per heavy atom. The molecule has 3 aliphatic rings. The van der Waals surface area contributed by atoms with Crippen molar-refractivity contribution in [1.29, 1.82) is 0 Å². The van der Waals surface area contributed by atoms with Crippen molar-refractivity contribution < 1.29 is 0 Å². The molecule has 4 nitrogen and oxygen atoms in total. The van der Waals surface area contributed by atoms with Crippen molar-refractivity contribution in [3.63, 3.8) is 0 Å². The van der Waals surface area contributed by atoms with Crippen LogP contribution >= 0.6 is 0 Å². The Kier molecular flexibility index (Phi) is 3.31. The van der Waals surface area contributed by atoms with Gasteiger partial charge in [0.1, 0.15) is 0 Å². The van der Waals surface area contributed by atoms with Crippen LogP contribution < -0.4 is 0 Å². The SMILES string of the molecule is Cn1cc(CN2C[C@H]3CN(CC4CC4)CC[C@H]3C2)cn1. The molecular formula is C16H26N4. The third-order valence-corrected chi connectivity index (χ3v) is 5.34. The molecule has 0 unspecified atom stereocenters. The zero-order valence-electron chi connectivity index (χ0n) is 12.5. The molecule has 4 rings (SSSR count). The Labute approximate surface area is 121 Å². The van der Waals surface area contributed by atoms with Gasteiger partial charge in [0.15, 0.2) is 0 Å². The van der Waals surface area contributed by atoms with Crippen molar-refractivity contribution in [3.05, 3.63) is 18.0 Å². The smallest absolute Gasteiger partial charge is 0.0534 e. The number of hydrogen-bond acceptors (Lipinski definition) is 3. The van der Waals surface area contributed by atoms with Crippen LogP contribution in [0.4, 0.5) is 0 Å². The second-order valence-corrected chi connectivity index (χ2v) is 7.23. The van der Waals surface area contributed by atoms with E-state index in [0.717, 1.165) is 24.3 Å². The fourth-order valence-corrected chi connectivity index (χ4v) is 4.11. The van der Waals surface area contributed by atoms with E-state index >= 15 is 0 Å². The average molecular weight is 274 g/mol. The summed E-state index contributed by atoms with van der Waals surface area (Å²) in [7, 11) is 2.00. The van der Waals surface area contributed by atoms with Gasteiger partial charge in [-0.1, -0.05) is 0 Å². The van der Waals surface area contributed by atoms with E-state index in [1.54, 1.807) is 0 Å². The summed E-state index contributed by atoms with van der Waals surface area (Å²) in [6.45, 7) is 7.76. The van der Waals surface area contributed by atoms with Crippen molar-refractivity contribution in [1.82, 2.24) is 19.6 Å². The summed E-state index contributed by atoms with van der Waals surface area (Å²) in [5.74, 6) is 2.90. The lowest BCUT2D eigenvalue weighted by atomic mass is 9.88. The van der Waals surface area contributed by atoms with Crippen LogP contribution in [0, 0.1) is 17.8 Å². The van der Waals surface area contributed by atoms with E-state index in [4.69, 9.17) is 0 Å². The van der Waals surface area contributed by atoms with E-state index in [1.165, 1.54) is 57.5 Å². The fraction of sp³-hybridized carbons (Fsp3) is 0.812. The largest absolute Gasteiger partial charge is 0.303 e. The molecule has 1 aromatic rings. The second kappa shape index (κ2) is 5.15. The number of aromatic nitrogens is 2. The normalized spacial score (nSPS) is 31.6. The molecule has 2 aliphatic heterocycles. The van der Waals surface area contributed by atoms with Crippen molar-refractivity contribution in [2.75, 3.05) is 32.7 Å². The van der Waals surface area contributed by atoms with Gasteiger partial charge in [-0.15, -0.1) is 0 Å². The first-order valence-electron chi connectivity index (χ1n) is 8.18. The molecular weight excluding hydrogens is 248 g/mol. The molecule has 1 aliphatic carbocycles. The predicted molar refractivity (Wildman–Crippen MR) is 79.2 cm³/mol. The molecule has 3 fully saturated rings. The molecule has 110 valence electrons. The second-order valence-electron chi connectivity index (χ2n) is 7.23. The Morgan fingerprint density at radius 3 is 2.65 bits per heavy atom. The third kappa shape index (κ3) is 2.77. The highest BCUT2D eigenvalue weighted by Crippen LogP contribution is 2.35. The highest BCUT2D eigenvalue weighted by Gasteiger charge is 2.38. The molecule has 0 radical (unpaired) electrons. The molecule has 0 aromatic carbocycles. The number of rotatable bonds is 4. The van der Waals surface area contributed by atoms with Gasteiger partial charge < -0.3 is 4.90 Å². The quantitative estimate of drug-likeness (QED) is 0.833. The first-order valence-corrected chi connectivity index (χ1v) is 8.18. The van der Waals surface area contributed by atoms with E-state index in [-0.39, 0.29) is 0 Å². The molecule has 2 atom stereocenters. The first-order chi connectivity index (χ1) is 9.76. The minimum absolute atomic E-state index is 0.916. The Balaban J connectivity index is 1.32. The van der Waals surface area contributed by atoms with E-state index in [0.29, 0.717) is 0 Å². The van der Waals surface area contributed by atoms with Crippen LogP contribution in [-0.4, -0.2) is 52.3 Å². The Bertz CT molecular complexity index is 465. The molecule has 0 spiro atoms. The maximum Gasteiger partial charge on any atom is 0.0534 e. The van der Waals surface area contributed by atoms with Crippen molar-refractivity contribution in [2.24, 2.45) is 24.8 Å². The lowest BCUT2D eigenvalue weighted by Gasteiger charge is -2.34. The summed E-state index contributed by atoms with van der Waals surface area (Å²) < 4.78 is 1.91. The highest BCUT2D eigenvalue weighted by atomic mass is 15.3. The number of fused-ring (bicyclic) bond motifs is 1. The molecule has 0 bridgehead atoms. The zero-order chi connectivity index (χ0) is 13.5. The van der Waals surface area contributed by atoms with Crippen LogP contribution in [0.25, 0.3) is 0 Å². The zero-order valence-corrected chi connectivity index (χ0v) is 12.5. The van der Waals surface area contributed by atoms with Gasteiger partial charge in [0.2, 0.25) is 0 Å². The number of likely N-dealkylation sites (tertiary alicyclic amines) is 2. The topological polar surface area (TPSA) is 24.3 Å². The molecule has 4 heteroatoms. The summed E-state index contributed by atoms with van der Waals surface area (Å²) in [5, 5.41) is 4.28. The summed E-state index contributed by atoms with van der Waals surface area (Å²) >= 11 is 0. The fourth-order valence-electron chi connectivity index (χ4n) is 4.11. The number of piperidine rings is 1. The standard InChI is InChI=1S/C16H26N4/c1-18-7-14(6-17-18)9-20-10-15-4-5-19(8-13-2-3-13)11-16(15)12-20/h6-7,13,15-16H,2-5,8-12H2,1H3/t15-,16+/m0/s1. The van der Waals surface area contributed by atoms with Crippen molar-refractivity contribution in [2.45, 2.75) is 25.8 Å². The molecule has 1 aromatic heterocycles. The summed E-state index contributed by atoms with van der Waals surface area (Å²) in [6.07, 6.45) is 8.55. The predicted octanol–water partition coefficient (Wildman–Crippen LogP) is 1.58. The van der Waals surface area contributed by atoms with E-state index in [2.05, 4.69) is 21.1 Å². The number of hydrogen-bond donors (Lipinski definition) is 0. The maximum atomic E-state index is 4.28. The summed E-state index contributed by atoms with van der Waals surface area (Å²) in [6, 6.07) is 0. The molecule has 20 heavy (non-hydrogen) atoms. The van der Waals surface area contributed by atoms with Gasteiger partial charge in [-0.25, -0.2) is 0 Å². The lowest BCUT2D eigenvalue weighted by molar-refractivity contribution is 0.143. The van der Waals surface area contributed by atoms with Crippen LogP contribution in [0.3, 0.4) is 0 Å². The van der Waals surface area contributed by atoms with Gasteiger partial charge in [-0.2, -0.15) is 5.10 Å². The van der Waals surface area contributed by atoms with Crippen LogP contribution in [-0.2, 0) is 13.6 Å². The minimum Gasteiger partial charge on any atom is -0.303 e. The lowest BCUT2D eigenvalue weighted by Crippen LogP contribution is -2.40. The minimum atomic E-state index is 0.916. The number of aryl methyl sites for hydroxylation is 1. The van der Waals surface area contributed by atoms with Gasteiger partial charge in [0, 0.05) is 51.5 Å². The van der Waals surface area contributed by atoms with Crippen LogP contribution in [0.1, 0.15) is 24.8 Å². The van der Waals surface area contributed by atoms with Gasteiger partial charge in [-0.05, 0) is 43.6 Å². The molecule has 3 heterocycles. The van der Waals surface area contributed by atoms with Crippen molar-refractivity contribution in [3.8, 4) is 0 Å².